The van der Waals surface area contributed by atoms with Gasteiger partial charge in [0.05, 0.1) is 18.1 Å². The molecule has 0 saturated heterocycles. The number of hydrogen-bond donors (Lipinski definition) is 2. The van der Waals surface area contributed by atoms with Gasteiger partial charge in [-0.05, 0) is 38.5 Å². The average molecular weight is 328 g/mol. The Balaban J connectivity index is 2.10. The first-order valence-corrected chi connectivity index (χ1v) is 7.81. The Morgan fingerprint density at radius 3 is 2.71 bits per heavy atom. The number of rotatable bonds is 2. The van der Waals surface area contributed by atoms with Crippen LogP contribution in [0.4, 0.5) is 10.5 Å². The van der Waals surface area contributed by atoms with Gasteiger partial charge in [0.15, 0.2) is 0 Å². The van der Waals surface area contributed by atoms with E-state index in [0.717, 1.165) is 22.6 Å². The molecule has 2 aromatic rings. The van der Waals surface area contributed by atoms with Crippen LogP contribution in [0.3, 0.4) is 0 Å². The molecule has 7 nitrogen and oxygen atoms in total. The third-order valence-corrected chi connectivity index (χ3v) is 4.31. The number of carboxylic acid groups (broad SMARTS) is 1. The summed E-state index contributed by atoms with van der Waals surface area (Å²) in [7, 11) is 0. The van der Waals surface area contributed by atoms with Crippen LogP contribution in [0.25, 0.3) is 5.69 Å². The Kier molecular flexibility index (Phi) is 4.01. The SMILES string of the molecule is CC(=O)N1c2ccc(-n3cnc(C)c3)cc2[C@H](NC(=O)O)C[C@@H]1C. The zero-order valence-corrected chi connectivity index (χ0v) is 13.9. The number of anilines is 1. The van der Waals surface area contributed by atoms with Gasteiger partial charge in [-0.15, -0.1) is 0 Å². The van der Waals surface area contributed by atoms with E-state index in [1.807, 2.05) is 42.8 Å². The molecule has 7 heteroatoms. The third kappa shape index (κ3) is 2.84. The summed E-state index contributed by atoms with van der Waals surface area (Å²) < 4.78 is 1.88. The minimum atomic E-state index is -1.07. The average Bonchev–Trinajstić information content (AvgIpc) is 2.92. The topological polar surface area (TPSA) is 87.5 Å². The molecule has 0 unspecified atom stereocenters. The largest absolute Gasteiger partial charge is 0.465 e. The molecule has 0 aliphatic carbocycles. The lowest BCUT2D eigenvalue weighted by atomic mass is 9.91. The second kappa shape index (κ2) is 5.99. The van der Waals surface area contributed by atoms with Crippen molar-refractivity contribution in [2.24, 2.45) is 0 Å². The quantitative estimate of drug-likeness (QED) is 0.887. The summed E-state index contributed by atoms with van der Waals surface area (Å²) in [4.78, 5) is 29.1. The summed E-state index contributed by atoms with van der Waals surface area (Å²) >= 11 is 0. The Morgan fingerprint density at radius 1 is 1.38 bits per heavy atom. The van der Waals surface area contributed by atoms with Gasteiger partial charge in [0.25, 0.3) is 0 Å². The van der Waals surface area contributed by atoms with E-state index in [1.165, 1.54) is 6.92 Å². The molecule has 1 aromatic heterocycles. The van der Waals surface area contributed by atoms with Crippen molar-refractivity contribution in [3.8, 4) is 5.69 Å². The minimum absolute atomic E-state index is 0.0521. The predicted octanol–water partition coefficient (Wildman–Crippen LogP) is 2.63. The zero-order chi connectivity index (χ0) is 17.4. The summed E-state index contributed by atoms with van der Waals surface area (Å²) in [5.41, 5.74) is 3.33. The standard InChI is InChI=1S/C17H20N4O3/c1-10-8-20(9-18-10)13-4-5-16-14(7-13)15(19-17(23)24)6-11(2)21(16)12(3)22/h4-5,7-9,11,15,19H,6H2,1-3H3,(H,23,24)/t11-,15+/m0/s1. The number of aromatic nitrogens is 2. The van der Waals surface area contributed by atoms with Crippen molar-refractivity contribution in [2.45, 2.75) is 39.3 Å². The van der Waals surface area contributed by atoms with Crippen LogP contribution in [0, 0.1) is 6.92 Å². The Morgan fingerprint density at radius 2 is 2.12 bits per heavy atom. The first-order chi connectivity index (χ1) is 11.4. The maximum absolute atomic E-state index is 12.0. The molecular formula is C17H20N4O3. The Hall–Kier alpha value is -2.83. The highest BCUT2D eigenvalue weighted by atomic mass is 16.4. The van der Waals surface area contributed by atoms with E-state index >= 15 is 0 Å². The number of hydrogen-bond acceptors (Lipinski definition) is 3. The second-order valence-corrected chi connectivity index (χ2v) is 6.14. The second-order valence-electron chi connectivity index (χ2n) is 6.14. The highest BCUT2D eigenvalue weighted by Crippen LogP contribution is 2.38. The van der Waals surface area contributed by atoms with E-state index in [0.29, 0.717) is 6.42 Å². The third-order valence-electron chi connectivity index (χ3n) is 4.31. The van der Waals surface area contributed by atoms with E-state index < -0.39 is 6.09 Å². The van der Waals surface area contributed by atoms with E-state index in [4.69, 9.17) is 5.11 Å². The summed E-state index contributed by atoms with van der Waals surface area (Å²) in [6, 6.07) is 5.26. The van der Waals surface area contributed by atoms with Crippen molar-refractivity contribution in [2.75, 3.05) is 4.90 Å². The predicted molar refractivity (Wildman–Crippen MR) is 89.4 cm³/mol. The minimum Gasteiger partial charge on any atom is -0.465 e. The van der Waals surface area contributed by atoms with Gasteiger partial charge < -0.3 is 19.9 Å². The molecule has 24 heavy (non-hydrogen) atoms. The summed E-state index contributed by atoms with van der Waals surface area (Å²) in [6.07, 6.45) is 3.07. The highest BCUT2D eigenvalue weighted by Gasteiger charge is 2.33. The number of benzene rings is 1. The van der Waals surface area contributed by atoms with Crippen LogP contribution < -0.4 is 10.2 Å². The highest BCUT2D eigenvalue weighted by molar-refractivity contribution is 5.94. The summed E-state index contributed by atoms with van der Waals surface area (Å²) in [6.45, 7) is 5.36. The molecule has 0 bridgehead atoms. The number of carbonyl (C=O) groups is 2. The van der Waals surface area contributed by atoms with Gasteiger partial charge in [-0.25, -0.2) is 9.78 Å². The molecule has 1 aliphatic rings. The van der Waals surface area contributed by atoms with Crippen LogP contribution in [-0.2, 0) is 4.79 Å². The lowest BCUT2D eigenvalue weighted by Gasteiger charge is -2.39. The molecule has 2 N–H and O–H groups in total. The van der Waals surface area contributed by atoms with Crippen molar-refractivity contribution in [1.82, 2.24) is 14.9 Å². The van der Waals surface area contributed by atoms with Crippen molar-refractivity contribution >= 4 is 17.7 Å². The van der Waals surface area contributed by atoms with E-state index in [2.05, 4.69) is 10.3 Å². The molecule has 0 radical (unpaired) electrons. The maximum atomic E-state index is 12.0. The summed E-state index contributed by atoms with van der Waals surface area (Å²) in [5, 5.41) is 11.7. The molecule has 0 spiro atoms. The number of nitrogens with zero attached hydrogens (tertiary/aromatic N) is 3. The van der Waals surface area contributed by atoms with Gasteiger partial charge in [0.2, 0.25) is 5.91 Å². The van der Waals surface area contributed by atoms with E-state index in [9.17, 15) is 9.59 Å². The zero-order valence-electron chi connectivity index (χ0n) is 13.9. The molecule has 2 heterocycles. The monoisotopic (exact) mass is 328 g/mol. The molecule has 0 fully saturated rings. The Labute approximate surface area is 139 Å². The number of nitrogens with one attached hydrogen (secondary N) is 1. The first-order valence-electron chi connectivity index (χ1n) is 7.81. The van der Waals surface area contributed by atoms with E-state index in [1.54, 1.807) is 11.2 Å². The molecule has 126 valence electrons. The number of aryl methyl sites for hydroxylation is 1. The molecule has 1 aliphatic heterocycles. The lowest BCUT2D eigenvalue weighted by Crippen LogP contribution is -2.45. The lowest BCUT2D eigenvalue weighted by molar-refractivity contribution is -0.117. The van der Waals surface area contributed by atoms with Crippen LogP contribution in [-0.4, -0.2) is 32.7 Å². The fourth-order valence-electron chi connectivity index (χ4n) is 3.34. The van der Waals surface area contributed by atoms with Gasteiger partial charge in [0, 0.05) is 36.1 Å². The van der Waals surface area contributed by atoms with Crippen LogP contribution in [0.15, 0.2) is 30.7 Å². The number of carbonyl (C=O) groups excluding carboxylic acids is 1. The molecule has 1 aromatic carbocycles. The van der Waals surface area contributed by atoms with Crippen LogP contribution in [0.2, 0.25) is 0 Å². The molecule has 2 amide bonds. The van der Waals surface area contributed by atoms with Crippen LogP contribution in [0.1, 0.15) is 37.6 Å². The molecule has 0 saturated carbocycles. The number of amides is 2. The van der Waals surface area contributed by atoms with Crippen molar-refractivity contribution in [3.05, 3.63) is 42.0 Å². The molecule has 3 rings (SSSR count). The van der Waals surface area contributed by atoms with Crippen LogP contribution >= 0.6 is 0 Å². The maximum Gasteiger partial charge on any atom is 0.405 e. The van der Waals surface area contributed by atoms with Crippen molar-refractivity contribution < 1.29 is 14.7 Å². The van der Waals surface area contributed by atoms with Gasteiger partial charge in [-0.3, -0.25) is 4.79 Å². The van der Waals surface area contributed by atoms with Crippen LogP contribution in [0.5, 0.6) is 0 Å². The van der Waals surface area contributed by atoms with Crippen molar-refractivity contribution in [1.29, 1.82) is 0 Å². The van der Waals surface area contributed by atoms with E-state index in [-0.39, 0.29) is 18.0 Å². The van der Waals surface area contributed by atoms with Gasteiger partial charge in [-0.1, -0.05) is 0 Å². The fraction of sp³-hybridized carbons (Fsp3) is 0.353. The molecular weight excluding hydrogens is 308 g/mol. The smallest absolute Gasteiger partial charge is 0.405 e. The Bertz CT molecular complexity index is 799. The first kappa shape index (κ1) is 16.0. The summed E-state index contributed by atoms with van der Waals surface area (Å²) in [5.74, 6) is -0.0521. The molecule has 2 atom stereocenters. The van der Waals surface area contributed by atoms with Gasteiger partial charge in [-0.2, -0.15) is 0 Å². The number of imidazole rings is 1. The normalized spacial score (nSPS) is 19.7. The van der Waals surface area contributed by atoms with Gasteiger partial charge in [0.1, 0.15) is 0 Å². The number of fused-ring (bicyclic) bond motifs is 1. The fourth-order valence-corrected chi connectivity index (χ4v) is 3.34. The van der Waals surface area contributed by atoms with Crippen molar-refractivity contribution in [3.63, 3.8) is 0 Å². The van der Waals surface area contributed by atoms with Gasteiger partial charge >= 0.3 is 6.09 Å².